The number of esters is 1. The third-order valence-corrected chi connectivity index (χ3v) is 3.92. The summed E-state index contributed by atoms with van der Waals surface area (Å²) in [7, 11) is 1.45. The molecule has 0 spiro atoms. The molecular formula is C14H17N3O2. The van der Waals surface area contributed by atoms with Gasteiger partial charge in [-0.2, -0.15) is 5.10 Å². The molecule has 2 heterocycles. The molecule has 1 aromatic heterocycles. The summed E-state index contributed by atoms with van der Waals surface area (Å²) in [6.45, 7) is 0.857. The predicted molar refractivity (Wildman–Crippen MR) is 70.7 cm³/mol. The topological polar surface area (TPSA) is 54.8 Å². The molecule has 0 radical (unpaired) electrons. The molecule has 0 saturated heterocycles. The normalized spacial score (nSPS) is 29.1. The van der Waals surface area contributed by atoms with E-state index in [0.29, 0.717) is 6.04 Å². The Balaban J connectivity index is 1.54. The Morgan fingerprint density at radius 1 is 1.42 bits per heavy atom. The summed E-state index contributed by atoms with van der Waals surface area (Å²) in [5.41, 5.74) is 1.05. The lowest BCUT2D eigenvalue weighted by Crippen LogP contribution is -2.44. The number of rotatable bonds is 3. The molecule has 3 rings (SSSR count). The fourth-order valence-corrected chi connectivity index (χ4v) is 2.66. The SMILES string of the molecule is COC(=O)C1CC(N2CC(c3ccccn3)C=N2)C1. The van der Waals surface area contributed by atoms with Crippen LogP contribution in [0.2, 0.25) is 0 Å². The van der Waals surface area contributed by atoms with Gasteiger partial charge in [0.2, 0.25) is 0 Å². The number of pyridine rings is 1. The van der Waals surface area contributed by atoms with Gasteiger partial charge in [0.05, 0.1) is 24.6 Å². The van der Waals surface area contributed by atoms with E-state index in [4.69, 9.17) is 4.74 Å². The van der Waals surface area contributed by atoms with Crippen LogP contribution in [0.1, 0.15) is 24.5 Å². The van der Waals surface area contributed by atoms with Crippen LogP contribution < -0.4 is 0 Å². The molecule has 1 aliphatic carbocycles. The molecule has 19 heavy (non-hydrogen) atoms. The standard InChI is InChI=1S/C14H17N3O2/c1-19-14(18)10-6-12(7-10)17-9-11(8-16-17)13-4-2-3-5-15-13/h2-5,8,10-12H,6-7,9H2,1H3. The van der Waals surface area contributed by atoms with Crippen LogP contribution in [0.15, 0.2) is 29.5 Å². The van der Waals surface area contributed by atoms with E-state index < -0.39 is 0 Å². The molecule has 0 aromatic carbocycles. The van der Waals surface area contributed by atoms with Gasteiger partial charge in [0.1, 0.15) is 0 Å². The second-order valence-corrected chi connectivity index (χ2v) is 5.09. The highest BCUT2D eigenvalue weighted by atomic mass is 16.5. The average molecular weight is 259 g/mol. The van der Waals surface area contributed by atoms with Crippen LogP contribution in [-0.2, 0) is 9.53 Å². The molecule has 1 fully saturated rings. The van der Waals surface area contributed by atoms with Crippen molar-refractivity contribution in [3.63, 3.8) is 0 Å². The van der Waals surface area contributed by atoms with Crippen LogP contribution in [0.5, 0.6) is 0 Å². The first-order valence-corrected chi connectivity index (χ1v) is 6.57. The van der Waals surface area contributed by atoms with Gasteiger partial charge < -0.3 is 4.74 Å². The van der Waals surface area contributed by atoms with E-state index in [1.165, 1.54) is 7.11 Å². The molecule has 2 aliphatic rings. The number of hydrogen-bond acceptors (Lipinski definition) is 5. The van der Waals surface area contributed by atoms with Crippen molar-refractivity contribution in [2.75, 3.05) is 13.7 Å². The lowest BCUT2D eigenvalue weighted by atomic mass is 9.80. The summed E-state index contributed by atoms with van der Waals surface area (Å²) in [5.74, 6) is 0.221. The van der Waals surface area contributed by atoms with Crippen molar-refractivity contribution in [2.24, 2.45) is 11.0 Å². The second-order valence-electron chi connectivity index (χ2n) is 5.09. The van der Waals surface area contributed by atoms with Gasteiger partial charge in [-0.1, -0.05) is 6.07 Å². The van der Waals surface area contributed by atoms with Crippen LogP contribution >= 0.6 is 0 Å². The molecule has 0 bridgehead atoms. The number of hydrogen-bond donors (Lipinski definition) is 0. The second kappa shape index (κ2) is 4.99. The van der Waals surface area contributed by atoms with Crippen molar-refractivity contribution in [3.05, 3.63) is 30.1 Å². The van der Waals surface area contributed by atoms with Gasteiger partial charge in [0.15, 0.2) is 0 Å². The van der Waals surface area contributed by atoms with Crippen LogP contribution in [-0.4, -0.2) is 41.9 Å². The summed E-state index contributed by atoms with van der Waals surface area (Å²) < 4.78 is 4.75. The molecule has 1 unspecified atom stereocenters. The van der Waals surface area contributed by atoms with E-state index in [2.05, 4.69) is 15.1 Å². The molecule has 1 aromatic rings. The molecular weight excluding hydrogens is 242 g/mol. The van der Waals surface area contributed by atoms with Crippen LogP contribution in [0.3, 0.4) is 0 Å². The van der Waals surface area contributed by atoms with Crippen molar-refractivity contribution in [2.45, 2.75) is 24.8 Å². The zero-order chi connectivity index (χ0) is 13.2. The number of nitrogens with zero attached hydrogens (tertiary/aromatic N) is 3. The first-order valence-electron chi connectivity index (χ1n) is 6.57. The van der Waals surface area contributed by atoms with Gasteiger partial charge in [-0.15, -0.1) is 0 Å². The van der Waals surface area contributed by atoms with Crippen molar-refractivity contribution >= 4 is 12.2 Å². The Morgan fingerprint density at radius 2 is 2.26 bits per heavy atom. The first kappa shape index (κ1) is 12.1. The number of carbonyl (C=O) groups is 1. The smallest absolute Gasteiger partial charge is 0.308 e. The molecule has 5 heteroatoms. The predicted octanol–water partition coefficient (Wildman–Crippen LogP) is 1.42. The van der Waals surface area contributed by atoms with Crippen LogP contribution in [0.4, 0.5) is 0 Å². The average Bonchev–Trinajstić information content (AvgIpc) is 2.87. The van der Waals surface area contributed by atoms with Crippen LogP contribution in [0.25, 0.3) is 0 Å². The maximum atomic E-state index is 11.4. The van der Waals surface area contributed by atoms with Crippen LogP contribution in [0, 0.1) is 5.92 Å². The van der Waals surface area contributed by atoms with Crippen molar-refractivity contribution in [1.82, 2.24) is 9.99 Å². The number of ether oxygens (including phenoxy) is 1. The van der Waals surface area contributed by atoms with E-state index in [9.17, 15) is 4.79 Å². The van der Waals surface area contributed by atoms with E-state index in [0.717, 1.165) is 25.1 Å². The Labute approximate surface area is 112 Å². The molecule has 0 amide bonds. The Bertz CT molecular complexity index is 483. The molecule has 0 N–H and O–H groups in total. The Hall–Kier alpha value is -1.91. The minimum Gasteiger partial charge on any atom is -0.469 e. The highest BCUT2D eigenvalue weighted by Crippen LogP contribution is 2.35. The molecule has 100 valence electrons. The number of aromatic nitrogens is 1. The molecule has 5 nitrogen and oxygen atoms in total. The first-order chi connectivity index (χ1) is 9.28. The number of methoxy groups -OCH3 is 1. The summed E-state index contributed by atoms with van der Waals surface area (Å²) in [4.78, 5) is 15.7. The quantitative estimate of drug-likeness (QED) is 0.770. The van der Waals surface area contributed by atoms with E-state index in [-0.39, 0.29) is 17.8 Å². The fourth-order valence-electron chi connectivity index (χ4n) is 2.66. The highest BCUT2D eigenvalue weighted by Gasteiger charge is 2.40. The Kier molecular flexibility index (Phi) is 3.19. The summed E-state index contributed by atoms with van der Waals surface area (Å²) in [6, 6.07) is 6.31. The zero-order valence-corrected chi connectivity index (χ0v) is 10.9. The van der Waals surface area contributed by atoms with Gasteiger partial charge in [0, 0.05) is 25.0 Å². The monoisotopic (exact) mass is 259 g/mol. The lowest BCUT2D eigenvalue weighted by molar-refractivity contribution is -0.150. The van der Waals surface area contributed by atoms with Crippen molar-refractivity contribution in [3.8, 4) is 0 Å². The fraction of sp³-hybridized carbons (Fsp3) is 0.500. The lowest BCUT2D eigenvalue weighted by Gasteiger charge is -2.38. The largest absolute Gasteiger partial charge is 0.469 e. The third kappa shape index (κ3) is 2.32. The highest BCUT2D eigenvalue weighted by molar-refractivity contribution is 5.73. The van der Waals surface area contributed by atoms with Gasteiger partial charge in [-0.05, 0) is 25.0 Å². The van der Waals surface area contributed by atoms with Gasteiger partial charge in [-0.3, -0.25) is 14.8 Å². The van der Waals surface area contributed by atoms with Gasteiger partial charge in [0.25, 0.3) is 0 Å². The summed E-state index contributed by atoms with van der Waals surface area (Å²) in [6.07, 6.45) is 5.45. The number of carbonyl (C=O) groups excluding carboxylic acids is 1. The van der Waals surface area contributed by atoms with Crippen molar-refractivity contribution < 1.29 is 9.53 Å². The molecule has 1 saturated carbocycles. The minimum atomic E-state index is -0.0966. The van der Waals surface area contributed by atoms with E-state index in [1.807, 2.05) is 30.6 Å². The third-order valence-electron chi connectivity index (χ3n) is 3.92. The van der Waals surface area contributed by atoms with E-state index >= 15 is 0 Å². The minimum absolute atomic E-state index is 0.0547. The van der Waals surface area contributed by atoms with Gasteiger partial charge in [-0.25, -0.2) is 0 Å². The maximum absolute atomic E-state index is 11.4. The van der Waals surface area contributed by atoms with Gasteiger partial charge >= 0.3 is 5.97 Å². The number of hydrazone groups is 1. The maximum Gasteiger partial charge on any atom is 0.308 e. The summed E-state index contributed by atoms with van der Waals surface area (Å²) in [5, 5.41) is 6.53. The van der Waals surface area contributed by atoms with E-state index in [1.54, 1.807) is 0 Å². The summed E-state index contributed by atoms with van der Waals surface area (Å²) >= 11 is 0. The Morgan fingerprint density at radius 3 is 2.95 bits per heavy atom. The molecule has 1 aliphatic heterocycles. The molecule has 1 atom stereocenters. The zero-order valence-electron chi connectivity index (χ0n) is 10.9. The van der Waals surface area contributed by atoms with Crippen molar-refractivity contribution in [1.29, 1.82) is 0 Å².